The summed E-state index contributed by atoms with van der Waals surface area (Å²) in [5, 5.41) is 9.13. The summed E-state index contributed by atoms with van der Waals surface area (Å²) in [5.74, 6) is 0. The van der Waals surface area contributed by atoms with Gasteiger partial charge in [-0.1, -0.05) is 195 Å². The molecule has 376 valence electrons. The van der Waals surface area contributed by atoms with Crippen molar-refractivity contribution in [3.8, 4) is 0 Å². The van der Waals surface area contributed by atoms with E-state index < -0.39 is 12.3 Å². The van der Waals surface area contributed by atoms with E-state index >= 15 is 0 Å². The lowest BCUT2D eigenvalue weighted by molar-refractivity contribution is 0.0145. The SMILES string of the molecule is CCCCCCCCC(CCCCCCCC)OC(=O)OCCCCCCCN(CCCCCCCOC(=O)OC(CCCCCCCC)CCCCCCCC)CCOCCO. The number of unbranched alkanes of at least 4 members (excludes halogenated alkanes) is 28. The summed E-state index contributed by atoms with van der Waals surface area (Å²) < 4.78 is 28.3. The van der Waals surface area contributed by atoms with Crippen LogP contribution < -0.4 is 0 Å². The molecule has 0 unspecified atom stereocenters. The van der Waals surface area contributed by atoms with Crippen LogP contribution >= 0.6 is 0 Å². The highest BCUT2D eigenvalue weighted by Crippen LogP contribution is 2.20. The maximum Gasteiger partial charge on any atom is 0.508 e. The van der Waals surface area contributed by atoms with E-state index in [1.54, 1.807) is 0 Å². The lowest BCUT2D eigenvalue weighted by atomic mass is 10.0. The number of rotatable bonds is 51. The molecule has 0 atom stereocenters. The van der Waals surface area contributed by atoms with Crippen molar-refractivity contribution in [2.75, 3.05) is 52.7 Å². The van der Waals surface area contributed by atoms with Crippen molar-refractivity contribution >= 4 is 12.3 Å². The van der Waals surface area contributed by atoms with Gasteiger partial charge in [0.1, 0.15) is 12.2 Å². The molecule has 0 saturated heterocycles. The lowest BCUT2D eigenvalue weighted by Gasteiger charge is -2.22. The van der Waals surface area contributed by atoms with E-state index in [-0.39, 0.29) is 18.8 Å². The molecule has 0 aromatic heterocycles. The normalized spacial score (nSPS) is 11.6. The van der Waals surface area contributed by atoms with E-state index in [1.165, 1.54) is 128 Å². The summed E-state index contributed by atoms with van der Waals surface area (Å²) >= 11 is 0. The number of hydrogen-bond donors (Lipinski definition) is 1. The van der Waals surface area contributed by atoms with E-state index in [1.807, 2.05) is 0 Å². The molecule has 9 nitrogen and oxygen atoms in total. The number of aliphatic hydroxyl groups excluding tert-OH is 1. The Hall–Kier alpha value is -1.58. The minimum Gasteiger partial charge on any atom is -0.434 e. The number of carbonyl (C=O) groups excluding carboxylic acids is 2. The molecule has 63 heavy (non-hydrogen) atoms. The van der Waals surface area contributed by atoms with E-state index in [0.29, 0.717) is 26.4 Å². The first-order valence-corrected chi connectivity index (χ1v) is 27.6. The van der Waals surface area contributed by atoms with Gasteiger partial charge in [0.25, 0.3) is 0 Å². The van der Waals surface area contributed by atoms with Crippen molar-refractivity contribution in [1.29, 1.82) is 0 Å². The minimum atomic E-state index is -0.481. The second-order valence-corrected chi connectivity index (χ2v) is 18.6. The summed E-state index contributed by atoms with van der Waals surface area (Å²) in [4.78, 5) is 27.7. The zero-order chi connectivity index (χ0) is 45.9. The Morgan fingerprint density at radius 3 is 1.00 bits per heavy atom. The average Bonchev–Trinajstić information content (AvgIpc) is 3.28. The second-order valence-electron chi connectivity index (χ2n) is 18.6. The molecule has 0 rings (SSSR count). The van der Waals surface area contributed by atoms with Crippen molar-refractivity contribution in [2.24, 2.45) is 0 Å². The van der Waals surface area contributed by atoms with Gasteiger partial charge in [-0.2, -0.15) is 0 Å². The first kappa shape index (κ1) is 61.4. The summed E-state index contributed by atoms with van der Waals surface area (Å²) in [5.41, 5.74) is 0. The van der Waals surface area contributed by atoms with Gasteiger partial charge >= 0.3 is 12.3 Å². The number of aliphatic hydroxyl groups is 1. The summed E-state index contributed by atoms with van der Waals surface area (Å²) in [6, 6.07) is 0. The predicted molar refractivity (Wildman–Crippen MR) is 265 cm³/mol. The third kappa shape index (κ3) is 46.7. The van der Waals surface area contributed by atoms with Crippen LogP contribution in [0, 0.1) is 0 Å². The largest absolute Gasteiger partial charge is 0.508 e. The van der Waals surface area contributed by atoms with Crippen LogP contribution in [0.4, 0.5) is 9.59 Å². The fourth-order valence-electron chi connectivity index (χ4n) is 8.42. The van der Waals surface area contributed by atoms with Gasteiger partial charge in [-0.25, -0.2) is 9.59 Å². The highest BCUT2D eigenvalue weighted by atomic mass is 16.7. The van der Waals surface area contributed by atoms with Gasteiger partial charge in [0.15, 0.2) is 0 Å². The van der Waals surface area contributed by atoms with Gasteiger partial charge in [-0.15, -0.1) is 0 Å². The van der Waals surface area contributed by atoms with E-state index in [0.717, 1.165) is 135 Å². The van der Waals surface area contributed by atoms with Gasteiger partial charge in [-0.3, -0.25) is 0 Å². The average molecular weight is 898 g/mol. The second kappa shape index (κ2) is 51.4. The van der Waals surface area contributed by atoms with Crippen LogP contribution in [0.2, 0.25) is 0 Å². The standard InChI is InChI=1S/C54H107NO8/c1-5-9-13-17-23-31-39-51(40-32-24-18-14-10-6-2)62-53(57)60-47-37-29-21-27-35-43-55(45-49-59-50-46-56)44-36-28-22-30-38-48-61-54(58)63-52(41-33-25-19-15-11-7-3)42-34-26-20-16-12-8-4/h51-52,56H,5-50H2,1-4H3. The Balaban J connectivity index is 4.34. The maximum atomic E-state index is 12.6. The van der Waals surface area contributed by atoms with Crippen LogP contribution in [0.1, 0.15) is 272 Å². The summed E-state index contributed by atoms with van der Waals surface area (Å²) in [6.07, 6.45) is 43.5. The van der Waals surface area contributed by atoms with Gasteiger partial charge in [0, 0.05) is 6.54 Å². The molecule has 0 amide bonds. The van der Waals surface area contributed by atoms with Crippen molar-refractivity contribution in [3.63, 3.8) is 0 Å². The highest BCUT2D eigenvalue weighted by Gasteiger charge is 2.17. The number of ether oxygens (including phenoxy) is 5. The van der Waals surface area contributed by atoms with Crippen molar-refractivity contribution in [3.05, 3.63) is 0 Å². The van der Waals surface area contributed by atoms with Gasteiger partial charge in [0.2, 0.25) is 0 Å². The zero-order valence-corrected chi connectivity index (χ0v) is 42.4. The summed E-state index contributed by atoms with van der Waals surface area (Å²) in [7, 11) is 0. The molecular formula is C54H107NO8. The fraction of sp³-hybridized carbons (Fsp3) is 0.963. The Kier molecular flexibility index (Phi) is 50.1. The van der Waals surface area contributed by atoms with Crippen LogP contribution in [-0.4, -0.2) is 87.2 Å². The highest BCUT2D eigenvalue weighted by molar-refractivity contribution is 5.60. The minimum absolute atomic E-state index is 0.0131. The lowest BCUT2D eigenvalue weighted by Crippen LogP contribution is -2.30. The van der Waals surface area contributed by atoms with Crippen LogP contribution in [0.5, 0.6) is 0 Å². The molecule has 1 N–H and O–H groups in total. The molecule has 0 heterocycles. The molecule has 0 aliphatic carbocycles. The monoisotopic (exact) mass is 898 g/mol. The molecule has 0 aromatic carbocycles. The Labute approximate surface area is 391 Å². The first-order chi connectivity index (χ1) is 31.0. The molecule has 9 heteroatoms. The number of hydrogen-bond acceptors (Lipinski definition) is 9. The fourth-order valence-corrected chi connectivity index (χ4v) is 8.42. The van der Waals surface area contributed by atoms with Crippen molar-refractivity contribution < 1.29 is 38.4 Å². The Bertz CT molecular complexity index is 824. The molecule has 0 aliphatic rings. The first-order valence-electron chi connectivity index (χ1n) is 27.6. The van der Waals surface area contributed by atoms with E-state index in [9.17, 15) is 9.59 Å². The molecular weight excluding hydrogens is 791 g/mol. The number of nitrogens with zero attached hydrogens (tertiary/aromatic N) is 1. The Morgan fingerprint density at radius 1 is 0.365 bits per heavy atom. The van der Waals surface area contributed by atoms with Crippen molar-refractivity contribution in [2.45, 2.75) is 284 Å². The Morgan fingerprint density at radius 2 is 0.667 bits per heavy atom. The van der Waals surface area contributed by atoms with Crippen LogP contribution in [0.15, 0.2) is 0 Å². The molecule has 0 saturated carbocycles. The molecule has 0 bridgehead atoms. The number of carbonyl (C=O) groups is 2. The molecule has 0 spiro atoms. The van der Waals surface area contributed by atoms with E-state index in [2.05, 4.69) is 32.6 Å². The molecule has 0 radical (unpaired) electrons. The quantitative estimate of drug-likeness (QED) is 0.0472. The van der Waals surface area contributed by atoms with Gasteiger partial charge in [0.05, 0.1) is 33.0 Å². The van der Waals surface area contributed by atoms with Gasteiger partial charge < -0.3 is 33.7 Å². The van der Waals surface area contributed by atoms with Crippen LogP contribution in [-0.2, 0) is 23.7 Å². The smallest absolute Gasteiger partial charge is 0.434 e. The molecule has 0 aromatic rings. The third-order valence-electron chi connectivity index (χ3n) is 12.5. The maximum absolute atomic E-state index is 12.6. The molecule has 0 fully saturated rings. The zero-order valence-electron chi connectivity index (χ0n) is 42.4. The predicted octanol–water partition coefficient (Wildman–Crippen LogP) is 16.2. The third-order valence-corrected chi connectivity index (χ3v) is 12.5. The topological polar surface area (TPSA) is 104 Å². The summed E-state index contributed by atoms with van der Waals surface area (Å²) in [6.45, 7) is 13.9. The van der Waals surface area contributed by atoms with Crippen LogP contribution in [0.25, 0.3) is 0 Å². The molecule has 0 aliphatic heterocycles. The van der Waals surface area contributed by atoms with Crippen molar-refractivity contribution in [1.82, 2.24) is 4.90 Å². The van der Waals surface area contributed by atoms with Gasteiger partial charge in [-0.05, 0) is 90.1 Å². The van der Waals surface area contributed by atoms with E-state index in [4.69, 9.17) is 28.8 Å². The van der Waals surface area contributed by atoms with Crippen LogP contribution in [0.3, 0.4) is 0 Å².